The lowest BCUT2D eigenvalue weighted by molar-refractivity contribution is 0.395. The Morgan fingerprint density at radius 1 is 1.15 bits per heavy atom. The second-order valence-corrected chi connectivity index (χ2v) is 5.07. The average molecular weight is 268 g/mol. The van der Waals surface area contributed by atoms with Crippen LogP contribution < -0.4 is 5.32 Å². The van der Waals surface area contributed by atoms with Crippen molar-refractivity contribution in [2.45, 2.75) is 19.0 Å². The molecule has 0 saturated carbocycles. The Kier molecular flexibility index (Phi) is 2.57. The topological polar surface area (TPSA) is 38.1 Å². The molecule has 4 heteroatoms. The van der Waals surface area contributed by atoms with Crippen molar-refractivity contribution < 1.29 is 8.81 Å². The summed E-state index contributed by atoms with van der Waals surface area (Å²) in [6, 6.07) is 12.8. The summed E-state index contributed by atoms with van der Waals surface area (Å²) in [4.78, 5) is 4.45. The zero-order chi connectivity index (χ0) is 13.5. The van der Waals surface area contributed by atoms with E-state index in [0.717, 1.165) is 13.0 Å². The Balaban J connectivity index is 1.70. The van der Waals surface area contributed by atoms with Gasteiger partial charge in [0.1, 0.15) is 11.3 Å². The second kappa shape index (κ2) is 4.42. The van der Waals surface area contributed by atoms with E-state index < -0.39 is 0 Å². The normalized spacial score (nSPS) is 18.1. The number of halogens is 1. The first kappa shape index (κ1) is 11.6. The van der Waals surface area contributed by atoms with Gasteiger partial charge in [-0.1, -0.05) is 24.3 Å². The Labute approximate surface area is 115 Å². The molecule has 3 nitrogen and oxygen atoms in total. The Morgan fingerprint density at radius 3 is 2.90 bits per heavy atom. The summed E-state index contributed by atoms with van der Waals surface area (Å²) < 4.78 is 18.9. The quantitative estimate of drug-likeness (QED) is 0.735. The highest BCUT2D eigenvalue weighted by atomic mass is 19.1. The smallest absolute Gasteiger partial charge is 0.212 e. The second-order valence-electron chi connectivity index (χ2n) is 5.07. The molecule has 1 atom stereocenters. The van der Waals surface area contributed by atoms with Gasteiger partial charge in [0.15, 0.2) is 5.58 Å². The fourth-order valence-electron chi connectivity index (χ4n) is 2.69. The Bertz CT molecular complexity index is 781. The Morgan fingerprint density at radius 2 is 2.00 bits per heavy atom. The summed E-state index contributed by atoms with van der Waals surface area (Å²) in [6.07, 6.45) is 0.839. The fraction of sp³-hybridized carbons (Fsp3) is 0.188. The molecule has 0 bridgehead atoms. The predicted octanol–water partition coefficient (Wildman–Crippen LogP) is 3.35. The minimum Gasteiger partial charge on any atom is -0.439 e. The molecule has 0 saturated heterocycles. The number of nitrogens with one attached hydrogen (secondary N) is 1. The van der Waals surface area contributed by atoms with Gasteiger partial charge < -0.3 is 9.73 Å². The maximum Gasteiger partial charge on any atom is 0.212 e. The van der Waals surface area contributed by atoms with Crippen molar-refractivity contribution in [1.29, 1.82) is 0 Å². The van der Waals surface area contributed by atoms with E-state index in [1.54, 1.807) is 6.07 Å². The zero-order valence-corrected chi connectivity index (χ0v) is 10.8. The van der Waals surface area contributed by atoms with Gasteiger partial charge in [0.2, 0.25) is 5.89 Å². The third-order valence-electron chi connectivity index (χ3n) is 3.75. The van der Waals surface area contributed by atoms with Gasteiger partial charge in [-0.15, -0.1) is 0 Å². The van der Waals surface area contributed by atoms with Crippen LogP contribution in [0.5, 0.6) is 0 Å². The summed E-state index contributed by atoms with van der Waals surface area (Å²) in [5.41, 5.74) is 3.82. The van der Waals surface area contributed by atoms with E-state index in [-0.39, 0.29) is 11.9 Å². The molecule has 0 aliphatic carbocycles. The van der Waals surface area contributed by atoms with Crippen molar-refractivity contribution in [3.63, 3.8) is 0 Å². The highest BCUT2D eigenvalue weighted by Gasteiger charge is 2.23. The van der Waals surface area contributed by atoms with Crippen LogP contribution in [0.4, 0.5) is 4.39 Å². The number of benzene rings is 2. The molecule has 2 heterocycles. The standard InChI is InChI=1S/C16H13FN2O/c17-12-5-6-13-15(8-12)20-16(19-13)14-7-10-3-1-2-4-11(10)9-18-14/h1-6,8,14,18H,7,9H2. The lowest BCUT2D eigenvalue weighted by Crippen LogP contribution is -2.28. The van der Waals surface area contributed by atoms with Crippen LogP contribution in [0.1, 0.15) is 23.1 Å². The van der Waals surface area contributed by atoms with Gasteiger partial charge in [-0.25, -0.2) is 9.37 Å². The molecule has 0 radical (unpaired) electrons. The lowest BCUT2D eigenvalue weighted by atomic mass is 9.96. The van der Waals surface area contributed by atoms with Crippen LogP contribution in [0.15, 0.2) is 46.9 Å². The van der Waals surface area contributed by atoms with E-state index >= 15 is 0 Å². The molecule has 1 aromatic heterocycles. The van der Waals surface area contributed by atoms with E-state index in [2.05, 4.69) is 22.4 Å². The highest BCUT2D eigenvalue weighted by Crippen LogP contribution is 2.27. The van der Waals surface area contributed by atoms with E-state index in [4.69, 9.17) is 4.42 Å². The molecule has 1 aliphatic rings. The van der Waals surface area contributed by atoms with Crippen molar-refractivity contribution in [3.8, 4) is 0 Å². The molecule has 20 heavy (non-hydrogen) atoms. The summed E-state index contributed by atoms with van der Waals surface area (Å²) in [5, 5.41) is 3.42. The molecule has 4 rings (SSSR count). The third kappa shape index (κ3) is 1.89. The Hall–Kier alpha value is -2.20. The molecule has 100 valence electrons. The van der Waals surface area contributed by atoms with E-state index in [1.165, 1.54) is 23.3 Å². The molecule has 1 unspecified atom stereocenters. The summed E-state index contributed by atoms with van der Waals surface area (Å²) in [6.45, 7) is 0.800. The van der Waals surface area contributed by atoms with Gasteiger partial charge in [0.05, 0.1) is 6.04 Å². The van der Waals surface area contributed by atoms with Crippen LogP contribution in [-0.4, -0.2) is 4.98 Å². The number of hydrogen-bond donors (Lipinski definition) is 1. The van der Waals surface area contributed by atoms with Crippen LogP contribution in [0.2, 0.25) is 0 Å². The van der Waals surface area contributed by atoms with Gasteiger partial charge in [-0.3, -0.25) is 0 Å². The molecule has 2 aromatic carbocycles. The molecule has 3 aromatic rings. The lowest BCUT2D eigenvalue weighted by Gasteiger charge is -2.23. The first-order valence-electron chi connectivity index (χ1n) is 6.66. The minimum absolute atomic E-state index is 0.0420. The number of rotatable bonds is 1. The van der Waals surface area contributed by atoms with Gasteiger partial charge in [0.25, 0.3) is 0 Å². The summed E-state index contributed by atoms with van der Waals surface area (Å²) in [5.74, 6) is 0.322. The van der Waals surface area contributed by atoms with Crippen LogP contribution in [-0.2, 0) is 13.0 Å². The molecule has 0 amide bonds. The van der Waals surface area contributed by atoms with E-state index in [1.807, 2.05) is 12.1 Å². The first-order valence-corrected chi connectivity index (χ1v) is 6.66. The predicted molar refractivity (Wildman–Crippen MR) is 73.7 cm³/mol. The van der Waals surface area contributed by atoms with Gasteiger partial charge in [-0.05, 0) is 29.7 Å². The summed E-state index contributed by atoms with van der Waals surface area (Å²) >= 11 is 0. The maximum absolute atomic E-state index is 13.2. The SMILES string of the molecule is Fc1ccc2nc(C3Cc4ccccc4CN3)oc2c1. The third-order valence-corrected chi connectivity index (χ3v) is 3.75. The van der Waals surface area contributed by atoms with Gasteiger partial charge in [-0.2, -0.15) is 0 Å². The number of nitrogens with zero attached hydrogens (tertiary/aromatic N) is 1. The monoisotopic (exact) mass is 268 g/mol. The van der Waals surface area contributed by atoms with Crippen LogP contribution in [0, 0.1) is 5.82 Å². The largest absolute Gasteiger partial charge is 0.439 e. The number of aromatic nitrogens is 1. The molecule has 0 spiro atoms. The number of oxazole rings is 1. The van der Waals surface area contributed by atoms with E-state index in [9.17, 15) is 4.39 Å². The first-order chi connectivity index (χ1) is 9.79. The van der Waals surface area contributed by atoms with Crippen molar-refractivity contribution >= 4 is 11.1 Å². The van der Waals surface area contributed by atoms with E-state index in [0.29, 0.717) is 17.0 Å². The van der Waals surface area contributed by atoms with Crippen LogP contribution in [0.25, 0.3) is 11.1 Å². The zero-order valence-electron chi connectivity index (χ0n) is 10.8. The average Bonchev–Trinajstić information content (AvgIpc) is 2.89. The molecular weight excluding hydrogens is 255 g/mol. The maximum atomic E-state index is 13.2. The molecule has 1 N–H and O–H groups in total. The van der Waals surface area contributed by atoms with Crippen LogP contribution >= 0.6 is 0 Å². The van der Waals surface area contributed by atoms with Crippen molar-refractivity contribution in [2.24, 2.45) is 0 Å². The van der Waals surface area contributed by atoms with Crippen molar-refractivity contribution in [2.75, 3.05) is 0 Å². The van der Waals surface area contributed by atoms with Gasteiger partial charge >= 0.3 is 0 Å². The van der Waals surface area contributed by atoms with Crippen molar-refractivity contribution in [1.82, 2.24) is 10.3 Å². The number of hydrogen-bond acceptors (Lipinski definition) is 3. The molecule has 0 fully saturated rings. The highest BCUT2D eigenvalue weighted by molar-refractivity contribution is 5.72. The van der Waals surface area contributed by atoms with Gasteiger partial charge in [0, 0.05) is 12.6 Å². The minimum atomic E-state index is -0.304. The fourth-order valence-corrected chi connectivity index (χ4v) is 2.69. The van der Waals surface area contributed by atoms with Crippen molar-refractivity contribution in [3.05, 3.63) is 65.3 Å². The molecular formula is C16H13FN2O. The molecule has 1 aliphatic heterocycles. The van der Waals surface area contributed by atoms with Crippen LogP contribution in [0.3, 0.4) is 0 Å². The number of fused-ring (bicyclic) bond motifs is 2. The summed E-state index contributed by atoms with van der Waals surface area (Å²) in [7, 11) is 0.